The van der Waals surface area contributed by atoms with Gasteiger partial charge >= 0.3 is 0 Å². The Kier molecular flexibility index (Phi) is 3.10. The Hall–Kier alpha value is 0.365. The minimum absolute atomic E-state index is 0.838. The predicted molar refractivity (Wildman–Crippen MR) is 56.3 cm³/mol. The number of hydrogen-bond acceptors (Lipinski definition) is 1. The third kappa shape index (κ3) is 1.92. The topological polar surface area (TPSA) is 0 Å². The average molecular weight is 260 g/mol. The summed E-state index contributed by atoms with van der Waals surface area (Å²) in [6.07, 6.45) is 2.05. The summed E-state index contributed by atoms with van der Waals surface area (Å²) in [4.78, 5) is 1.25. The highest BCUT2D eigenvalue weighted by Crippen LogP contribution is 2.19. The van der Waals surface area contributed by atoms with E-state index in [9.17, 15) is 0 Å². The monoisotopic (exact) mass is 260 g/mol. The molecule has 1 rings (SSSR count). The van der Waals surface area contributed by atoms with E-state index in [1.165, 1.54) is 8.47 Å². The summed E-state index contributed by atoms with van der Waals surface area (Å²) in [5.74, 6) is 0. The lowest BCUT2D eigenvalue weighted by Gasteiger charge is -2.00. The Morgan fingerprint density at radius 2 is 2.20 bits per heavy atom. The Bertz CT molecular complexity index is 237. The van der Waals surface area contributed by atoms with Gasteiger partial charge in [-0.25, -0.2) is 0 Å². The van der Waals surface area contributed by atoms with E-state index in [-0.39, 0.29) is 0 Å². The van der Waals surface area contributed by atoms with Crippen LogP contribution in [0.4, 0.5) is 0 Å². The molecule has 1 aromatic carbocycles. The Morgan fingerprint density at radius 1 is 1.50 bits per heavy atom. The molecule has 0 N–H and O–H groups in total. The van der Waals surface area contributed by atoms with Crippen molar-refractivity contribution in [1.82, 2.24) is 0 Å². The van der Waals surface area contributed by atoms with Crippen molar-refractivity contribution in [2.75, 3.05) is 6.26 Å². The lowest BCUT2D eigenvalue weighted by Crippen LogP contribution is -2.01. The summed E-state index contributed by atoms with van der Waals surface area (Å²) in [5, 5.41) is 0. The molecule has 0 atom stereocenters. The van der Waals surface area contributed by atoms with Crippen molar-refractivity contribution in [3.8, 4) is 0 Å². The first-order chi connectivity index (χ1) is 4.74. The van der Waals surface area contributed by atoms with Gasteiger partial charge in [-0.15, -0.1) is 11.8 Å². The summed E-state index contributed by atoms with van der Waals surface area (Å²) >= 11 is 4.02. The Morgan fingerprint density at radius 3 is 2.70 bits per heavy atom. The first kappa shape index (κ1) is 8.46. The fraction of sp³-hybridized carbons (Fsp3) is 0.143. The summed E-state index contributed by atoms with van der Waals surface area (Å²) in [6, 6.07) is 5.94. The maximum absolute atomic E-state index is 5.59. The van der Waals surface area contributed by atoms with Crippen molar-refractivity contribution in [2.24, 2.45) is 0 Å². The van der Waals surface area contributed by atoms with Gasteiger partial charge in [-0.2, -0.15) is 0 Å². The normalized spacial score (nSPS) is 9.80. The second-order valence-corrected chi connectivity index (χ2v) is 3.90. The van der Waals surface area contributed by atoms with Crippen molar-refractivity contribution >= 4 is 47.7 Å². The highest BCUT2D eigenvalue weighted by molar-refractivity contribution is 14.1. The zero-order chi connectivity index (χ0) is 7.56. The van der Waals surface area contributed by atoms with Gasteiger partial charge in [0.25, 0.3) is 0 Å². The number of hydrogen-bond donors (Lipinski definition) is 0. The van der Waals surface area contributed by atoms with Crippen LogP contribution in [0.25, 0.3) is 0 Å². The van der Waals surface area contributed by atoms with Gasteiger partial charge in [-0.3, -0.25) is 0 Å². The highest BCUT2D eigenvalue weighted by Gasteiger charge is 1.95. The standard InChI is InChI=1S/C7H6BIS/c1-10-7-4-5(8)2-3-6(7)9/h2-4H,1H3. The molecule has 0 heterocycles. The molecule has 0 aliphatic carbocycles. The van der Waals surface area contributed by atoms with Crippen molar-refractivity contribution in [2.45, 2.75) is 4.90 Å². The molecule has 0 nitrogen and oxygen atoms in total. The minimum Gasteiger partial charge on any atom is -0.129 e. The van der Waals surface area contributed by atoms with Crippen LogP contribution < -0.4 is 5.46 Å². The van der Waals surface area contributed by atoms with E-state index in [1.54, 1.807) is 11.8 Å². The summed E-state index contributed by atoms with van der Waals surface area (Å²) in [6.45, 7) is 0. The van der Waals surface area contributed by atoms with E-state index < -0.39 is 0 Å². The Balaban J connectivity index is 3.09. The maximum Gasteiger partial charge on any atom is 0.113 e. The summed E-state index contributed by atoms with van der Waals surface area (Å²) in [7, 11) is 5.59. The fourth-order valence-corrected chi connectivity index (χ4v) is 2.19. The van der Waals surface area contributed by atoms with E-state index in [0.717, 1.165) is 5.46 Å². The average Bonchev–Trinajstić information content (AvgIpc) is 1.94. The van der Waals surface area contributed by atoms with E-state index in [4.69, 9.17) is 7.85 Å². The van der Waals surface area contributed by atoms with Crippen LogP contribution >= 0.6 is 34.4 Å². The second-order valence-electron chi connectivity index (χ2n) is 1.89. The number of thioether (sulfide) groups is 1. The first-order valence-corrected chi connectivity index (χ1v) is 5.13. The third-order valence-corrected chi connectivity index (χ3v) is 3.26. The second kappa shape index (κ2) is 3.67. The molecule has 2 radical (unpaired) electrons. The van der Waals surface area contributed by atoms with Gasteiger partial charge < -0.3 is 0 Å². The van der Waals surface area contributed by atoms with E-state index in [0.29, 0.717) is 0 Å². The van der Waals surface area contributed by atoms with Gasteiger partial charge in [0.05, 0.1) is 0 Å². The smallest absolute Gasteiger partial charge is 0.113 e. The lowest BCUT2D eigenvalue weighted by atomic mass is 9.97. The van der Waals surface area contributed by atoms with Gasteiger partial charge in [-0.05, 0) is 34.9 Å². The molecule has 3 heteroatoms. The molecule has 1 aromatic rings. The molecule has 0 amide bonds. The lowest BCUT2D eigenvalue weighted by molar-refractivity contribution is 1.43. The Labute approximate surface area is 80.3 Å². The summed E-state index contributed by atoms with van der Waals surface area (Å²) < 4.78 is 1.26. The predicted octanol–water partition coefficient (Wildman–Crippen LogP) is 1.81. The van der Waals surface area contributed by atoms with E-state index >= 15 is 0 Å². The zero-order valence-electron chi connectivity index (χ0n) is 5.60. The minimum atomic E-state index is 0.838. The van der Waals surface area contributed by atoms with Crippen molar-refractivity contribution in [1.29, 1.82) is 0 Å². The summed E-state index contributed by atoms with van der Waals surface area (Å²) in [5.41, 5.74) is 0.838. The van der Waals surface area contributed by atoms with Crippen molar-refractivity contribution in [3.63, 3.8) is 0 Å². The molecule has 0 saturated heterocycles. The van der Waals surface area contributed by atoms with E-state index in [1.807, 2.05) is 18.2 Å². The van der Waals surface area contributed by atoms with Crippen LogP contribution in [-0.4, -0.2) is 14.1 Å². The SMILES string of the molecule is [B]c1ccc(I)c(SC)c1. The molecule has 0 saturated carbocycles. The quantitative estimate of drug-likeness (QED) is 0.421. The third-order valence-electron chi connectivity index (χ3n) is 1.18. The van der Waals surface area contributed by atoms with Crippen LogP contribution in [0.2, 0.25) is 0 Å². The molecule has 0 unspecified atom stereocenters. The van der Waals surface area contributed by atoms with Gasteiger partial charge in [-0.1, -0.05) is 17.6 Å². The van der Waals surface area contributed by atoms with Crippen molar-refractivity contribution in [3.05, 3.63) is 21.8 Å². The van der Waals surface area contributed by atoms with Crippen LogP contribution in [0.3, 0.4) is 0 Å². The van der Waals surface area contributed by atoms with Gasteiger partial charge in [0.15, 0.2) is 0 Å². The van der Waals surface area contributed by atoms with Crippen LogP contribution in [-0.2, 0) is 0 Å². The van der Waals surface area contributed by atoms with Crippen LogP contribution in [0, 0.1) is 3.57 Å². The highest BCUT2D eigenvalue weighted by atomic mass is 127. The van der Waals surface area contributed by atoms with Crippen LogP contribution in [0.15, 0.2) is 23.1 Å². The first-order valence-electron chi connectivity index (χ1n) is 2.83. The molecule has 0 aromatic heterocycles. The van der Waals surface area contributed by atoms with Gasteiger partial charge in [0, 0.05) is 8.47 Å². The zero-order valence-corrected chi connectivity index (χ0v) is 8.57. The molecular formula is C7H6BIS. The number of rotatable bonds is 1. The molecule has 0 spiro atoms. The van der Waals surface area contributed by atoms with Crippen LogP contribution in [0.5, 0.6) is 0 Å². The molecule has 50 valence electrons. The van der Waals surface area contributed by atoms with Gasteiger partial charge in [0.1, 0.15) is 7.85 Å². The molecular weight excluding hydrogens is 254 g/mol. The molecule has 0 aliphatic rings. The maximum atomic E-state index is 5.59. The number of benzene rings is 1. The van der Waals surface area contributed by atoms with E-state index in [2.05, 4.69) is 28.8 Å². The fourth-order valence-electron chi connectivity index (χ4n) is 0.676. The largest absolute Gasteiger partial charge is 0.129 e. The van der Waals surface area contributed by atoms with Crippen LogP contribution in [0.1, 0.15) is 0 Å². The van der Waals surface area contributed by atoms with Crippen molar-refractivity contribution < 1.29 is 0 Å². The molecule has 0 fully saturated rings. The van der Waals surface area contributed by atoms with Gasteiger partial charge in [0.2, 0.25) is 0 Å². The molecule has 0 aliphatic heterocycles. The molecule has 0 bridgehead atoms. The molecule has 10 heavy (non-hydrogen) atoms. The number of halogens is 1.